The number of ether oxygens (including phenoxy) is 2. The van der Waals surface area contributed by atoms with Gasteiger partial charge >= 0.3 is 0 Å². The highest BCUT2D eigenvalue weighted by molar-refractivity contribution is 5.13. The zero-order chi connectivity index (χ0) is 9.80. The third-order valence-corrected chi connectivity index (χ3v) is 2.37. The van der Waals surface area contributed by atoms with Crippen molar-refractivity contribution in [1.82, 2.24) is 0 Å². The van der Waals surface area contributed by atoms with E-state index in [-0.39, 0.29) is 0 Å². The highest BCUT2D eigenvalue weighted by Crippen LogP contribution is 2.17. The van der Waals surface area contributed by atoms with Crippen LogP contribution in [0.5, 0.6) is 0 Å². The summed E-state index contributed by atoms with van der Waals surface area (Å²) in [6.45, 7) is 3.72. The van der Waals surface area contributed by atoms with Gasteiger partial charge in [0, 0.05) is 6.42 Å². The molecule has 1 aliphatic heterocycles. The summed E-state index contributed by atoms with van der Waals surface area (Å²) < 4.78 is 10.9. The Labute approximate surface area is 84.8 Å². The van der Waals surface area contributed by atoms with Crippen LogP contribution in [-0.2, 0) is 16.1 Å². The van der Waals surface area contributed by atoms with Crippen molar-refractivity contribution in [3.8, 4) is 0 Å². The molecule has 0 bridgehead atoms. The minimum absolute atomic E-state index is 0.294. The number of hydrogen-bond acceptors (Lipinski definition) is 2. The molecule has 76 valence electrons. The minimum Gasteiger partial charge on any atom is -0.374 e. The zero-order valence-corrected chi connectivity index (χ0v) is 8.48. The van der Waals surface area contributed by atoms with Gasteiger partial charge in [-0.2, -0.15) is 0 Å². The van der Waals surface area contributed by atoms with Crippen LogP contribution in [0.4, 0.5) is 0 Å². The van der Waals surface area contributed by atoms with E-state index in [2.05, 4.69) is 19.1 Å². The molecule has 0 unspecified atom stereocenters. The second-order valence-electron chi connectivity index (χ2n) is 3.80. The Morgan fingerprint density at radius 3 is 2.79 bits per heavy atom. The second kappa shape index (κ2) is 4.58. The number of benzene rings is 1. The molecular weight excluding hydrogens is 176 g/mol. The first-order valence-corrected chi connectivity index (χ1v) is 5.12. The van der Waals surface area contributed by atoms with E-state index in [0.29, 0.717) is 18.8 Å². The maximum atomic E-state index is 5.70. The molecule has 1 aromatic carbocycles. The van der Waals surface area contributed by atoms with Crippen LogP contribution in [0.3, 0.4) is 0 Å². The monoisotopic (exact) mass is 192 g/mol. The Morgan fingerprint density at radius 1 is 1.43 bits per heavy atom. The molecule has 1 fully saturated rings. The van der Waals surface area contributed by atoms with E-state index < -0.39 is 0 Å². The summed E-state index contributed by atoms with van der Waals surface area (Å²) in [4.78, 5) is 0. The first-order chi connectivity index (χ1) is 6.84. The molecular formula is C12H16O2. The quantitative estimate of drug-likeness (QED) is 0.668. The Bertz CT molecular complexity index is 267. The summed E-state index contributed by atoms with van der Waals surface area (Å²) in [5.74, 6) is 0. The summed E-state index contributed by atoms with van der Waals surface area (Å²) in [6.07, 6.45) is 1.77. The predicted molar refractivity (Wildman–Crippen MR) is 55.1 cm³/mol. The molecule has 0 N–H and O–H groups in total. The number of rotatable bonds is 5. The summed E-state index contributed by atoms with van der Waals surface area (Å²) in [7, 11) is 0. The van der Waals surface area contributed by atoms with E-state index >= 15 is 0 Å². The molecule has 1 aromatic rings. The molecule has 0 radical (unpaired) electrons. The van der Waals surface area contributed by atoms with Crippen LogP contribution < -0.4 is 0 Å². The van der Waals surface area contributed by atoms with Gasteiger partial charge in [-0.05, 0) is 12.5 Å². The molecule has 14 heavy (non-hydrogen) atoms. The van der Waals surface area contributed by atoms with Crippen LogP contribution in [0.15, 0.2) is 30.3 Å². The van der Waals surface area contributed by atoms with Crippen LogP contribution in [0.2, 0.25) is 0 Å². The third-order valence-electron chi connectivity index (χ3n) is 2.37. The fourth-order valence-corrected chi connectivity index (χ4v) is 1.46. The highest BCUT2D eigenvalue weighted by Gasteiger charge is 2.24. The Kier molecular flexibility index (Phi) is 3.17. The van der Waals surface area contributed by atoms with Crippen molar-refractivity contribution >= 4 is 0 Å². The average molecular weight is 192 g/mol. The van der Waals surface area contributed by atoms with E-state index in [4.69, 9.17) is 9.47 Å². The molecule has 1 heterocycles. The lowest BCUT2D eigenvalue weighted by Crippen LogP contribution is -2.10. The van der Waals surface area contributed by atoms with Crippen molar-refractivity contribution in [2.45, 2.75) is 32.2 Å². The van der Waals surface area contributed by atoms with E-state index in [1.54, 1.807) is 0 Å². The van der Waals surface area contributed by atoms with Crippen LogP contribution in [0.1, 0.15) is 18.9 Å². The number of epoxide rings is 1. The second-order valence-corrected chi connectivity index (χ2v) is 3.80. The van der Waals surface area contributed by atoms with Gasteiger partial charge in [0.2, 0.25) is 0 Å². The Morgan fingerprint density at radius 2 is 2.14 bits per heavy atom. The fraction of sp³-hybridized carbons (Fsp3) is 0.500. The van der Waals surface area contributed by atoms with Gasteiger partial charge in [0.1, 0.15) is 0 Å². The summed E-state index contributed by atoms with van der Waals surface area (Å²) in [5, 5.41) is 0. The van der Waals surface area contributed by atoms with Gasteiger partial charge in [-0.15, -0.1) is 0 Å². The molecule has 2 heteroatoms. The highest BCUT2D eigenvalue weighted by atomic mass is 16.6. The maximum absolute atomic E-state index is 5.70. The van der Waals surface area contributed by atoms with Crippen molar-refractivity contribution in [3.63, 3.8) is 0 Å². The van der Waals surface area contributed by atoms with Crippen molar-refractivity contribution in [2.24, 2.45) is 0 Å². The molecule has 1 aliphatic rings. The van der Waals surface area contributed by atoms with E-state index in [1.807, 2.05) is 18.2 Å². The molecule has 2 nitrogen and oxygen atoms in total. The van der Waals surface area contributed by atoms with Crippen LogP contribution >= 0.6 is 0 Å². The Hall–Kier alpha value is -0.860. The van der Waals surface area contributed by atoms with Crippen molar-refractivity contribution in [2.75, 3.05) is 6.61 Å². The van der Waals surface area contributed by atoms with Gasteiger partial charge in [-0.1, -0.05) is 30.3 Å². The molecule has 0 aromatic heterocycles. The maximum Gasteiger partial charge on any atom is 0.0834 e. The first-order valence-electron chi connectivity index (χ1n) is 5.12. The first kappa shape index (κ1) is 9.69. The third kappa shape index (κ3) is 3.13. The van der Waals surface area contributed by atoms with E-state index in [9.17, 15) is 0 Å². The summed E-state index contributed by atoms with van der Waals surface area (Å²) in [5.41, 5.74) is 1.23. The van der Waals surface area contributed by atoms with Crippen molar-refractivity contribution in [3.05, 3.63) is 35.9 Å². The molecule has 2 rings (SSSR count). The topological polar surface area (TPSA) is 21.8 Å². The molecule has 0 spiro atoms. The van der Waals surface area contributed by atoms with Gasteiger partial charge in [-0.3, -0.25) is 0 Å². The lowest BCUT2D eigenvalue weighted by molar-refractivity contribution is 0.0426. The van der Waals surface area contributed by atoms with Crippen LogP contribution in [0, 0.1) is 0 Å². The average Bonchev–Trinajstić information content (AvgIpc) is 3.00. The van der Waals surface area contributed by atoms with E-state index in [1.165, 1.54) is 5.56 Å². The van der Waals surface area contributed by atoms with Gasteiger partial charge in [-0.25, -0.2) is 0 Å². The van der Waals surface area contributed by atoms with Crippen LogP contribution in [-0.4, -0.2) is 18.8 Å². The SMILES string of the molecule is C[C@H](C[C@@H]1CO1)OCc1ccccc1. The fourth-order valence-electron chi connectivity index (χ4n) is 1.46. The molecule has 0 aliphatic carbocycles. The minimum atomic E-state index is 0.294. The van der Waals surface area contributed by atoms with Gasteiger partial charge < -0.3 is 9.47 Å². The largest absolute Gasteiger partial charge is 0.374 e. The van der Waals surface area contributed by atoms with Gasteiger partial charge in [0.05, 0.1) is 25.4 Å². The van der Waals surface area contributed by atoms with Crippen LogP contribution in [0.25, 0.3) is 0 Å². The molecule has 2 atom stereocenters. The normalized spacial score (nSPS) is 21.9. The Balaban J connectivity index is 1.70. The van der Waals surface area contributed by atoms with Crippen molar-refractivity contribution < 1.29 is 9.47 Å². The lowest BCUT2D eigenvalue weighted by atomic mass is 10.2. The van der Waals surface area contributed by atoms with Gasteiger partial charge in [0.15, 0.2) is 0 Å². The summed E-state index contributed by atoms with van der Waals surface area (Å²) in [6, 6.07) is 10.3. The zero-order valence-electron chi connectivity index (χ0n) is 8.48. The number of hydrogen-bond donors (Lipinski definition) is 0. The van der Waals surface area contributed by atoms with Gasteiger partial charge in [0.25, 0.3) is 0 Å². The van der Waals surface area contributed by atoms with Crippen molar-refractivity contribution in [1.29, 1.82) is 0 Å². The predicted octanol–water partition coefficient (Wildman–Crippen LogP) is 2.38. The smallest absolute Gasteiger partial charge is 0.0834 e. The molecule has 1 saturated heterocycles. The summed E-state index contributed by atoms with van der Waals surface area (Å²) >= 11 is 0. The molecule has 0 saturated carbocycles. The standard InChI is InChI=1S/C12H16O2/c1-10(7-12-9-14-12)13-8-11-5-3-2-4-6-11/h2-6,10,12H,7-9H2,1H3/t10-,12-/m1/s1. The van der Waals surface area contributed by atoms with E-state index in [0.717, 1.165) is 13.0 Å². The lowest BCUT2D eigenvalue weighted by Gasteiger charge is -2.11. The molecule has 0 amide bonds.